The lowest BCUT2D eigenvalue weighted by atomic mass is 9.92. The number of rotatable bonds is 9. The maximum Gasteiger partial charge on any atom is 0.224 e. The maximum atomic E-state index is 13.4. The second-order valence-electron chi connectivity index (χ2n) is 8.75. The number of hydrogen-bond acceptors (Lipinski definition) is 5. The van der Waals surface area contributed by atoms with Gasteiger partial charge in [0.25, 0.3) is 0 Å². The van der Waals surface area contributed by atoms with Crippen LogP contribution in [0.1, 0.15) is 29.2 Å². The zero-order valence-electron chi connectivity index (χ0n) is 20.0. The molecule has 0 saturated heterocycles. The fourth-order valence-corrected chi connectivity index (χ4v) is 4.92. The molecule has 1 atom stereocenters. The summed E-state index contributed by atoms with van der Waals surface area (Å²) in [6.07, 6.45) is 1.63. The van der Waals surface area contributed by atoms with Crippen molar-refractivity contribution < 1.29 is 13.2 Å². The summed E-state index contributed by atoms with van der Waals surface area (Å²) in [7, 11) is -3.25. The SMILES string of the molecule is CS(=O)(=O)CCc1c(-c2ccccc2)nc2ccccc2c1CC(=O)NC(CC#N)c1ccccc1. The Kier molecular flexibility index (Phi) is 7.77. The van der Waals surface area contributed by atoms with E-state index in [4.69, 9.17) is 4.98 Å². The van der Waals surface area contributed by atoms with Crippen molar-refractivity contribution in [2.75, 3.05) is 12.0 Å². The molecule has 0 bridgehead atoms. The smallest absolute Gasteiger partial charge is 0.224 e. The Morgan fingerprint density at radius 2 is 1.58 bits per heavy atom. The molecule has 6 nitrogen and oxygen atoms in total. The lowest BCUT2D eigenvalue weighted by Gasteiger charge is -2.20. The molecule has 36 heavy (non-hydrogen) atoms. The van der Waals surface area contributed by atoms with E-state index in [1.165, 1.54) is 6.26 Å². The van der Waals surface area contributed by atoms with Gasteiger partial charge in [-0.15, -0.1) is 0 Å². The first-order valence-electron chi connectivity index (χ1n) is 11.7. The number of sulfone groups is 1. The van der Waals surface area contributed by atoms with Gasteiger partial charge in [-0.05, 0) is 29.2 Å². The maximum absolute atomic E-state index is 13.4. The molecule has 0 aliphatic carbocycles. The van der Waals surface area contributed by atoms with Gasteiger partial charge in [0.1, 0.15) is 9.84 Å². The number of benzene rings is 3. The molecule has 1 N–H and O–H groups in total. The number of hydrogen-bond donors (Lipinski definition) is 1. The summed E-state index contributed by atoms with van der Waals surface area (Å²) < 4.78 is 24.2. The summed E-state index contributed by atoms with van der Waals surface area (Å²) in [6, 6.07) is 28.3. The minimum Gasteiger partial charge on any atom is -0.348 e. The molecule has 0 radical (unpaired) electrons. The highest BCUT2D eigenvalue weighted by molar-refractivity contribution is 7.90. The first-order valence-corrected chi connectivity index (χ1v) is 13.8. The first kappa shape index (κ1) is 25.1. The number of fused-ring (bicyclic) bond motifs is 1. The van der Waals surface area contributed by atoms with E-state index in [9.17, 15) is 18.5 Å². The van der Waals surface area contributed by atoms with Crippen molar-refractivity contribution in [3.8, 4) is 17.3 Å². The van der Waals surface area contributed by atoms with Crippen molar-refractivity contribution >= 4 is 26.6 Å². The molecule has 1 heterocycles. The lowest BCUT2D eigenvalue weighted by molar-refractivity contribution is -0.121. The number of aromatic nitrogens is 1. The Morgan fingerprint density at radius 3 is 2.25 bits per heavy atom. The van der Waals surface area contributed by atoms with Crippen LogP contribution in [-0.2, 0) is 27.5 Å². The van der Waals surface area contributed by atoms with E-state index < -0.39 is 15.9 Å². The van der Waals surface area contributed by atoms with Crippen LogP contribution in [0, 0.1) is 11.3 Å². The van der Waals surface area contributed by atoms with Gasteiger partial charge in [0.05, 0.1) is 41.9 Å². The average molecular weight is 498 g/mol. The summed E-state index contributed by atoms with van der Waals surface area (Å²) in [5.41, 5.74) is 4.63. The largest absolute Gasteiger partial charge is 0.348 e. The van der Waals surface area contributed by atoms with Gasteiger partial charge in [-0.25, -0.2) is 13.4 Å². The van der Waals surface area contributed by atoms with Gasteiger partial charge >= 0.3 is 0 Å². The molecule has 4 rings (SSSR count). The number of carbonyl (C=O) groups excluding carboxylic acids is 1. The molecule has 0 saturated carbocycles. The average Bonchev–Trinajstić information content (AvgIpc) is 2.88. The molecule has 1 unspecified atom stereocenters. The van der Waals surface area contributed by atoms with Gasteiger partial charge in [-0.2, -0.15) is 5.26 Å². The van der Waals surface area contributed by atoms with Crippen LogP contribution in [0.25, 0.3) is 22.2 Å². The van der Waals surface area contributed by atoms with E-state index in [1.807, 2.05) is 84.9 Å². The molecule has 0 aliphatic heterocycles. The fourth-order valence-electron chi connectivity index (χ4n) is 4.35. The molecule has 0 fully saturated rings. The second kappa shape index (κ2) is 11.1. The van der Waals surface area contributed by atoms with Gasteiger partial charge in [0.15, 0.2) is 0 Å². The predicted octanol–water partition coefficient (Wildman–Crippen LogP) is 4.80. The van der Waals surface area contributed by atoms with Crippen LogP contribution in [0.5, 0.6) is 0 Å². The van der Waals surface area contributed by atoms with Crippen LogP contribution in [0.15, 0.2) is 84.9 Å². The monoisotopic (exact) mass is 497 g/mol. The van der Waals surface area contributed by atoms with Gasteiger partial charge in [-0.1, -0.05) is 78.9 Å². The standard InChI is InChI=1S/C29H27N3O3S/c1-36(34,35)19-17-24-25(20-28(33)31-26(16-18-30)21-10-4-2-5-11-21)23-14-8-9-15-27(23)32-29(24)22-12-6-3-7-13-22/h2-15,26H,16-17,19-20H2,1H3,(H,31,33). The highest BCUT2D eigenvalue weighted by Gasteiger charge is 2.21. The summed E-state index contributed by atoms with van der Waals surface area (Å²) >= 11 is 0. The van der Waals surface area contributed by atoms with Crippen LogP contribution in [-0.4, -0.2) is 31.3 Å². The van der Waals surface area contributed by atoms with Crippen LogP contribution in [0.2, 0.25) is 0 Å². The zero-order chi connectivity index (χ0) is 25.5. The van der Waals surface area contributed by atoms with Crippen LogP contribution >= 0.6 is 0 Å². The van der Waals surface area contributed by atoms with Gasteiger partial charge in [0, 0.05) is 17.2 Å². The number of amides is 1. The molecule has 1 aromatic heterocycles. The molecule has 1 amide bonds. The number of nitrogens with one attached hydrogen (secondary N) is 1. The zero-order valence-corrected chi connectivity index (χ0v) is 20.8. The molecule has 7 heteroatoms. The number of pyridine rings is 1. The summed E-state index contributed by atoms with van der Waals surface area (Å²) in [4.78, 5) is 18.2. The van der Waals surface area contributed by atoms with Gasteiger partial charge in [0.2, 0.25) is 5.91 Å². The minimum absolute atomic E-state index is 0.0384. The Hall–Kier alpha value is -4.02. The second-order valence-corrected chi connectivity index (χ2v) is 11.0. The molecular formula is C29H27N3O3S. The van der Waals surface area contributed by atoms with E-state index in [2.05, 4.69) is 11.4 Å². The Morgan fingerprint density at radius 1 is 0.944 bits per heavy atom. The third kappa shape index (κ3) is 6.15. The van der Waals surface area contributed by atoms with Crippen molar-refractivity contribution in [3.05, 3.63) is 102 Å². The first-order chi connectivity index (χ1) is 17.4. The lowest BCUT2D eigenvalue weighted by Crippen LogP contribution is -2.30. The summed E-state index contributed by atoms with van der Waals surface area (Å²) in [6.45, 7) is 0. The third-order valence-electron chi connectivity index (χ3n) is 6.05. The van der Waals surface area contributed by atoms with Crippen molar-refractivity contribution in [3.63, 3.8) is 0 Å². The van der Waals surface area contributed by atoms with Crippen molar-refractivity contribution in [1.82, 2.24) is 10.3 Å². The van der Waals surface area contributed by atoms with Crippen LogP contribution in [0.3, 0.4) is 0 Å². The molecule has 0 spiro atoms. The topological polar surface area (TPSA) is 99.9 Å². The van der Waals surface area contributed by atoms with E-state index in [0.29, 0.717) is 5.69 Å². The quantitative estimate of drug-likeness (QED) is 0.358. The molecular weight excluding hydrogens is 470 g/mol. The number of nitrogens with zero attached hydrogens (tertiary/aromatic N) is 2. The van der Waals surface area contributed by atoms with Gasteiger partial charge in [-0.3, -0.25) is 4.79 Å². The molecule has 182 valence electrons. The number of para-hydroxylation sites is 1. The van der Waals surface area contributed by atoms with E-state index >= 15 is 0 Å². The Labute approximate surface area is 211 Å². The Bertz CT molecular complexity index is 1510. The van der Waals surface area contributed by atoms with Gasteiger partial charge < -0.3 is 5.32 Å². The third-order valence-corrected chi connectivity index (χ3v) is 7.00. The fraction of sp³-hybridized carbons (Fsp3) is 0.207. The number of carbonyl (C=O) groups is 1. The van der Waals surface area contributed by atoms with Crippen molar-refractivity contribution in [1.29, 1.82) is 5.26 Å². The van der Waals surface area contributed by atoms with Crippen LogP contribution in [0.4, 0.5) is 0 Å². The van der Waals surface area contributed by atoms with Crippen molar-refractivity contribution in [2.24, 2.45) is 0 Å². The predicted molar refractivity (Wildman–Crippen MR) is 142 cm³/mol. The number of nitriles is 1. The molecule has 4 aromatic rings. The minimum atomic E-state index is -3.25. The highest BCUT2D eigenvalue weighted by atomic mass is 32.2. The molecule has 3 aromatic carbocycles. The van der Waals surface area contributed by atoms with E-state index in [0.717, 1.165) is 33.2 Å². The summed E-state index contributed by atoms with van der Waals surface area (Å²) in [5, 5.41) is 13.1. The Balaban J connectivity index is 1.79. The van der Waals surface area contributed by atoms with E-state index in [-0.39, 0.29) is 30.9 Å². The molecule has 0 aliphatic rings. The highest BCUT2D eigenvalue weighted by Crippen LogP contribution is 2.31. The normalized spacial score (nSPS) is 12.1. The van der Waals surface area contributed by atoms with Crippen molar-refractivity contribution in [2.45, 2.75) is 25.3 Å². The summed E-state index contributed by atoms with van der Waals surface area (Å²) in [5.74, 6) is -0.294. The van der Waals surface area contributed by atoms with E-state index in [1.54, 1.807) is 0 Å². The van der Waals surface area contributed by atoms with Crippen LogP contribution < -0.4 is 5.32 Å².